The minimum Gasteiger partial charge on any atom is -0.379 e. The summed E-state index contributed by atoms with van der Waals surface area (Å²) in [5.41, 5.74) is 4.12. The number of hydrogen-bond acceptors (Lipinski definition) is 2. The fourth-order valence-corrected chi connectivity index (χ4v) is 3.37. The first-order valence-electron chi connectivity index (χ1n) is 8.04. The lowest BCUT2D eigenvalue weighted by atomic mass is 9.87. The van der Waals surface area contributed by atoms with E-state index in [1.807, 2.05) is 7.11 Å². The first-order chi connectivity index (χ1) is 10.1. The molecule has 1 heterocycles. The lowest BCUT2D eigenvalue weighted by Gasteiger charge is -2.22. The van der Waals surface area contributed by atoms with Crippen LogP contribution >= 0.6 is 12.6 Å². The van der Waals surface area contributed by atoms with Gasteiger partial charge in [-0.25, -0.2) is 0 Å². The predicted molar refractivity (Wildman–Crippen MR) is 97.1 cm³/mol. The highest BCUT2D eigenvalue weighted by Gasteiger charge is 2.42. The summed E-state index contributed by atoms with van der Waals surface area (Å²) in [4.78, 5) is 0. The molecular formula is C19H27NOS. The van der Waals surface area contributed by atoms with E-state index in [1.165, 1.54) is 22.2 Å². The number of fused-ring (bicyclic) bond motifs is 1. The van der Waals surface area contributed by atoms with Gasteiger partial charge in [-0.05, 0) is 48.8 Å². The van der Waals surface area contributed by atoms with Crippen LogP contribution in [-0.4, -0.2) is 17.8 Å². The summed E-state index contributed by atoms with van der Waals surface area (Å²) < 4.78 is 7.87. The Kier molecular flexibility index (Phi) is 3.65. The molecule has 0 bridgehead atoms. The van der Waals surface area contributed by atoms with Gasteiger partial charge >= 0.3 is 0 Å². The van der Waals surface area contributed by atoms with E-state index in [4.69, 9.17) is 17.4 Å². The molecule has 3 rings (SSSR count). The first-order valence-corrected chi connectivity index (χ1v) is 8.49. The van der Waals surface area contributed by atoms with Crippen molar-refractivity contribution in [1.82, 2.24) is 4.57 Å². The van der Waals surface area contributed by atoms with E-state index >= 15 is 0 Å². The summed E-state index contributed by atoms with van der Waals surface area (Å²) in [6.45, 7) is 11.1. The number of benzene rings is 1. The Bertz CT molecular complexity index is 703. The van der Waals surface area contributed by atoms with Crippen molar-refractivity contribution in [1.29, 1.82) is 0 Å². The second-order valence-electron chi connectivity index (χ2n) is 8.06. The van der Waals surface area contributed by atoms with Gasteiger partial charge in [-0.3, -0.25) is 0 Å². The van der Waals surface area contributed by atoms with Crippen molar-refractivity contribution in [3.63, 3.8) is 0 Å². The van der Waals surface area contributed by atoms with Crippen molar-refractivity contribution in [2.24, 2.45) is 0 Å². The Hall–Kier alpha value is -0.930. The third kappa shape index (κ3) is 2.69. The summed E-state index contributed by atoms with van der Waals surface area (Å²) in [7, 11) is 1.81. The monoisotopic (exact) mass is 317 g/mol. The topological polar surface area (TPSA) is 14.2 Å². The second kappa shape index (κ2) is 5.04. The van der Waals surface area contributed by atoms with Crippen molar-refractivity contribution in [2.75, 3.05) is 7.11 Å². The summed E-state index contributed by atoms with van der Waals surface area (Å²) in [6, 6.07) is 9.59. The second-order valence-corrected chi connectivity index (χ2v) is 9.18. The number of rotatable bonds is 3. The molecule has 1 aliphatic carbocycles. The molecule has 2 nitrogen and oxygen atoms in total. The molecule has 0 saturated heterocycles. The fraction of sp³-hybridized carbons (Fsp3) is 0.579. The number of thiol groups is 1. The van der Waals surface area contributed by atoms with Gasteiger partial charge in [0.05, 0.1) is 12.1 Å². The normalized spacial score (nSPS) is 22.3. The van der Waals surface area contributed by atoms with Crippen LogP contribution in [0.1, 0.15) is 58.3 Å². The molecule has 3 heteroatoms. The highest BCUT2D eigenvalue weighted by Crippen LogP contribution is 2.45. The van der Waals surface area contributed by atoms with Gasteiger partial charge in [0.1, 0.15) is 0 Å². The van der Waals surface area contributed by atoms with Crippen LogP contribution in [0.2, 0.25) is 0 Å². The molecule has 1 fully saturated rings. The fourth-order valence-electron chi connectivity index (χ4n) is 3.20. The smallest absolute Gasteiger partial charge is 0.0800 e. The molecule has 1 saturated carbocycles. The zero-order valence-electron chi connectivity index (χ0n) is 14.5. The number of hydrogen-bond donors (Lipinski definition) is 1. The van der Waals surface area contributed by atoms with Crippen LogP contribution in [0.15, 0.2) is 24.3 Å². The van der Waals surface area contributed by atoms with Gasteiger partial charge in [0.15, 0.2) is 0 Å². The standard InChI is InChI=1S/C19H27NOS/c1-18(2,3)13-8-7-12-9-17(19(4,5)22)20(14(12)10-13)15-11-16(15)21-6/h7-10,15-16,22H,11H2,1-6H3. The average molecular weight is 317 g/mol. The van der Waals surface area contributed by atoms with E-state index in [0.29, 0.717) is 12.1 Å². The van der Waals surface area contributed by atoms with Gasteiger partial charge in [0.2, 0.25) is 0 Å². The van der Waals surface area contributed by atoms with Crippen LogP contribution in [0.25, 0.3) is 10.9 Å². The molecule has 0 aliphatic heterocycles. The summed E-state index contributed by atoms with van der Waals surface area (Å²) in [6.07, 6.45) is 1.43. The van der Waals surface area contributed by atoms with Crippen molar-refractivity contribution in [3.8, 4) is 0 Å². The van der Waals surface area contributed by atoms with Crippen LogP contribution in [0.4, 0.5) is 0 Å². The Morgan fingerprint density at radius 3 is 2.32 bits per heavy atom. The molecule has 120 valence electrons. The van der Waals surface area contributed by atoms with Gasteiger partial charge in [-0.2, -0.15) is 12.6 Å². The lowest BCUT2D eigenvalue weighted by Crippen LogP contribution is -2.16. The maximum Gasteiger partial charge on any atom is 0.0800 e. The van der Waals surface area contributed by atoms with Crippen LogP contribution in [-0.2, 0) is 14.9 Å². The Morgan fingerprint density at radius 1 is 1.14 bits per heavy atom. The SMILES string of the molecule is COC1CC1n1c(C(C)(C)S)cc2ccc(C(C)(C)C)cc21. The van der Waals surface area contributed by atoms with E-state index in [1.54, 1.807) is 0 Å². The average Bonchev–Trinajstić information content (AvgIpc) is 3.07. The molecule has 1 aromatic heterocycles. The molecule has 1 aromatic carbocycles. The summed E-state index contributed by atoms with van der Waals surface area (Å²) >= 11 is 4.83. The maximum atomic E-state index is 5.57. The van der Waals surface area contributed by atoms with Gasteiger partial charge in [0.25, 0.3) is 0 Å². The Labute approximate surface area is 139 Å². The van der Waals surface area contributed by atoms with Crippen LogP contribution < -0.4 is 0 Å². The van der Waals surface area contributed by atoms with E-state index < -0.39 is 0 Å². The highest BCUT2D eigenvalue weighted by molar-refractivity contribution is 7.81. The lowest BCUT2D eigenvalue weighted by molar-refractivity contribution is 0.170. The molecule has 2 aromatic rings. The molecule has 1 aliphatic rings. The minimum absolute atomic E-state index is 0.157. The van der Waals surface area contributed by atoms with Crippen LogP contribution in [0, 0.1) is 0 Å². The number of methoxy groups -OCH3 is 1. The first kappa shape index (κ1) is 15.9. The third-order valence-corrected chi connectivity index (χ3v) is 4.90. The Balaban J connectivity index is 2.22. The minimum atomic E-state index is -0.165. The zero-order valence-corrected chi connectivity index (χ0v) is 15.4. The largest absolute Gasteiger partial charge is 0.379 e. The van der Waals surface area contributed by atoms with E-state index in [-0.39, 0.29) is 10.2 Å². The molecular weight excluding hydrogens is 290 g/mol. The van der Waals surface area contributed by atoms with Gasteiger partial charge in [0, 0.05) is 23.1 Å². The predicted octanol–water partition coefficient (Wildman–Crippen LogP) is 5.06. The number of nitrogens with zero attached hydrogens (tertiary/aromatic N) is 1. The molecule has 0 spiro atoms. The molecule has 0 radical (unpaired) electrons. The zero-order chi connectivity index (χ0) is 16.3. The molecule has 2 atom stereocenters. The third-order valence-electron chi connectivity index (χ3n) is 4.67. The summed E-state index contributed by atoms with van der Waals surface area (Å²) in [5.74, 6) is 0. The van der Waals surface area contributed by atoms with Crippen molar-refractivity contribution < 1.29 is 4.74 Å². The van der Waals surface area contributed by atoms with Gasteiger partial charge in [-0.15, -0.1) is 0 Å². The van der Waals surface area contributed by atoms with Crippen molar-refractivity contribution in [3.05, 3.63) is 35.5 Å². The van der Waals surface area contributed by atoms with Crippen molar-refractivity contribution >= 4 is 23.5 Å². The summed E-state index contributed by atoms with van der Waals surface area (Å²) in [5, 5.41) is 1.30. The van der Waals surface area contributed by atoms with Crippen molar-refractivity contribution in [2.45, 2.75) is 63.3 Å². The number of aromatic nitrogens is 1. The molecule has 0 N–H and O–H groups in total. The van der Waals surface area contributed by atoms with E-state index in [2.05, 4.69) is 63.5 Å². The highest BCUT2D eigenvalue weighted by atomic mass is 32.1. The number of ether oxygens (including phenoxy) is 1. The van der Waals surface area contributed by atoms with E-state index in [9.17, 15) is 0 Å². The molecule has 2 unspecified atom stereocenters. The van der Waals surface area contributed by atoms with Gasteiger partial charge in [-0.1, -0.05) is 32.9 Å². The molecule has 0 amide bonds. The Morgan fingerprint density at radius 2 is 1.82 bits per heavy atom. The maximum absolute atomic E-state index is 5.57. The quantitative estimate of drug-likeness (QED) is 0.781. The van der Waals surface area contributed by atoms with Gasteiger partial charge < -0.3 is 9.30 Å². The van der Waals surface area contributed by atoms with E-state index in [0.717, 1.165) is 6.42 Å². The molecule has 22 heavy (non-hydrogen) atoms. The van der Waals surface area contributed by atoms with Crippen LogP contribution in [0.3, 0.4) is 0 Å². The van der Waals surface area contributed by atoms with Crippen LogP contribution in [0.5, 0.6) is 0 Å².